The number of sulfonamides is 1. The van der Waals surface area contributed by atoms with E-state index in [0.717, 1.165) is 16.9 Å². The number of carbonyl (C=O) groups excluding carboxylic acids is 2. The second-order valence-electron chi connectivity index (χ2n) is 6.58. The minimum atomic E-state index is -3.97. The van der Waals surface area contributed by atoms with Crippen LogP contribution in [0.1, 0.15) is 26.3 Å². The fourth-order valence-corrected chi connectivity index (χ4v) is 6.09. The fraction of sp³-hybridized carbons (Fsp3) is 0.100. The first kappa shape index (κ1) is 20.4. The molecule has 0 bridgehead atoms. The molecule has 0 saturated heterocycles. The quantitative estimate of drug-likeness (QED) is 0.605. The molecule has 0 atom stereocenters. The van der Waals surface area contributed by atoms with Crippen LogP contribution in [0.4, 0.5) is 10.7 Å². The van der Waals surface area contributed by atoms with E-state index in [2.05, 4.69) is 5.32 Å². The lowest BCUT2D eigenvalue weighted by Gasteiger charge is -2.20. The third-order valence-electron chi connectivity index (χ3n) is 4.76. The first-order valence-corrected chi connectivity index (χ1v) is 11.6. The number of primary amides is 1. The zero-order valence-corrected chi connectivity index (χ0v) is 17.9. The number of fused-ring (bicyclic) bond motifs is 1. The molecular weight excluding hydrogens is 446 g/mol. The van der Waals surface area contributed by atoms with Crippen molar-refractivity contribution in [3.8, 4) is 0 Å². The number of hydrogen-bond donors (Lipinski definition) is 2. The molecule has 1 aromatic heterocycles. The Labute approximate surface area is 182 Å². The van der Waals surface area contributed by atoms with Crippen LogP contribution in [0.15, 0.2) is 58.8 Å². The number of benzene rings is 2. The van der Waals surface area contributed by atoms with Crippen molar-refractivity contribution in [3.05, 3.63) is 75.6 Å². The van der Waals surface area contributed by atoms with E-state index in [-0.39, 0.29) is 21.0 Å². The molecule has 1 aliphatic heterocycles. The molecule has 4 rings (SSSR count). The van der Waals surface area contributed by atoms with Gasteiger partial charge in [0.15, 0.2) is 0 Å². The van der Waals surface area contributed by atoms with Gasteiger partial charge in [0.2, 0.25) is 0 Å². The van der Waals surface area contributed by atoms with Crippen molar-refractivity contribution in [2.45, 2.75) is 11.3 Å². The molecule has 3 N–H and O–H groups in total. The summed E-state index contributed by atoms with van der Waals surface area (Å²) in [6, 6.07) is 12.8. The van der Waals surface area contributed by atoms with Crippen LogP contribution in [-0.4, -0.2) is 26.8 Å². The van der Waals surface area contributed by atoms with E-state index in [0.29, 0.717) is 23.7 Å². The largest absolute Gasteiger partial charge is 0.366 e. The first-order valence-electron chi connectivity index (χ1n) is 8.88. The Balaban J connectivity index is 1.68. The molecule has 0 saturated carbocycles. The molecule has 0 fully saturated rings. The molecular formula is C20H16ClN3O4S2. The predicted molar refractivity (Wildman–Crippen MR) is 117 cm³/mol. The summed E-state index contributed by atoms with van der Waals surface area (Å²) in [4.78, 5) is 24.0. The fourth-order valence-electron chi connectivity index (χ4n) is 3.29. The maximum Gasteiger partial charge on any atom is 0.265 e. The molecule has 30 heavy (non-hydrogen) atoms. The molecule has 1 aliphatic rings. The number of hydrogen-bond acceptors (Lipinski definition) is 5. The maximum atomic E-state index is 13.3. The number of anilines is 2. The van der Waals surface area contributed by atoms with Gasteiger partial charge in [0.05, 0.1) is 16.3 Å². The van der Waals surface area contributed by atoms with Gasteiger partial charge >= 0.3 is 0 Å². The van der Waals surface area contributed by atoms with Crippen molar-refractivity contribution in [2.24, 2.45) is 5.73 Å². The zero-order chi connectivity index (χ0) is 21.5. The summed E-state index contributed by atoms with van der Waals surface area (Å²) < 4.78 is 27.9. The van der Waals surface area contributed by atoms with Gasteiger partial charge in [-0.15, -0.1) is 11.3 Å². The second kappa shape index (κ2) is 7.75. The minimum Gasteiger partial charge on any atom is -0.366 e. The van der Waals surface area contributed by atoms with Gasteiger partial charge in [-0.3, -0.25) is 13.9 Å². The average Bonchev–Trinajstić information content (AvgIpc) is 3.35. The average molecular weight is 462 g/mol. The number of rotatable bonds is 5. The zero-order valence-electron chi connectivity index (χ0n) is 15.5. The summed E-state index contributed by atoms with van der Waals surface area (Å²) in [5.41, 5.74) is 7.11. The number of nitrogens with two attached hydrogens (primary N) is 1. The summed E-state index contributed by atoms with van der Waals surface area (Å²) in [6.07, 6.45) is 0.599. The summed E-state index contributed by atoms with van der Waals surface area (Å²) in [5.74, 6) is -1.24. The lowest BCUT2D eigenvalue weighted by Crippen LogP contribution is -2.29. The highest BCUT2D eigenvalue weighted by Gasteiger charge is 2.32. The van der Waals surface area contributed by atoms with E-state index < -0.39 is 21.8 Å². The third kappa shape index (κ3) is 3.55. The molecule has 0 unspecified atom stereocenters. The second-order valence-corrected chi connectivity index (χ2v) is 9.74. The van der Waals surface area contributed by atoms with Gasteiger partial charge < -0.3 is 11.1 Å². The molecule has 7 nitrogen and oxygen atoms in total. The number of carbonyl (C=O) groups is 2. The number of thiophene rings is 1. The van der Waals surface area contributed by atoms with Crippen LogP contribution in [-0.2, 0) is 16.4 Å². The normalized spacial score (nSPS) is 13.2. The van der Waals surface area contributed by atoms with Gasteiger partial charge in [-0.1, -0.05) is 29.8 Å². The van der Waals surface area contributed by atoms with Crippen molar-refractivity contribution in [1.29, 1.82) is 0 Å². The summed E-state index contributed by atoms with van der Waals surface area (Å²) in [7, 11) is -3.97. The summed E-state index contributed by atoms with van der Waals surface area (Å²) >= 11 is 7.34. The van der Waals surface area contributed by atoms with Crippen molar-refractivity contribution < 1.29 is 18.0 Å². The smallest absolute Gasteiger partial charge is 0.265 e. The molecule has 2 heterocycles. The topological polar surface area (TPSA) is 110 Å². The Morgan fingerprint density at radius 3 is 2.67 bits per heavy atom. The highest BCUT2D eigenvalue weighted by atomic mass is 35.5. The number of nitrogens with zero attached hydrogens (tertiary/aromatic N) is 1. The van der Waals surface area contributed by atoms with Crippen LogP contribution in [0.5, 0.6) is 0 Å². The van der Waals surface area contributed by atoms with Crippen LogP contribution < -0.4 is 15.4 Å². The number of amides is 2. The van der Waals surface area contributed by atoms with Crippen LogP contribution >= 0.6 is 22.9 Å². The molecule has 154 valence electrons. The monoisotopic (exact) mass is 461 g/mol. The molecule has 0 spiro atoms. The van der Waals surface area contributed by atoms with Crippen LogP contribution in [0, 0.1) is 0 Å². The van der Waals surface area contributed by atoms with Gasteiger partial charge in [0, 0.05) is 12.1 Å². The standard InChI is InChI=1S/C20H16ClN3O4S2/c21-15-6-5-13(19(26)23-20-14(18(22)25)8-10-29-20)11-17(15)30(27,28)24-9-7-12-3-1-2-4-16(12)24/h1-6,8,10-11H,7,9H2,(H2,22,25)(H,23,26). The van der Waals surface area contributed by atoms with Crippen LogP contribution in [0.2, 0.25) is 5.02 Å². The maximum absolute atomic E-state index is 13.3. The summed E-state index contributed by atoms with van der Waals surface area (Å²) in [5, 5.41) is 4.53. The third-order valence-corrected chi connectivity index (χ3v) is 7.89. The van der Waals surface area contributed by atoms with Gasteiger partial charge in [0.1, 0.15) is 9.90 Å². The minimum absolute atomic E-state index is 0.0184. The van der Waals surface area contributed by atoms with Crippen molar-refractivity contribution in [3.63, 3.8) is 0 Å². The Morgan fingerprint density at radius 1 is 1.13 bits per heavy atom. The Kier molecular flexibility index (Phi) is 5.27. The van der Waals surface area contributed by atoms with Gasteiger partial charge in [-0.05, 0) is 47.7 Å². The van der Waals surface area contributed by atoms with Crippen molar-refractivity contribution in [2.75, 3.05) is 16.2 Å². The van der Waals surface area contributed by atoms with E-state index in [4.69, 9.17) is 17.3 Å². The molecule has 0 radical (unpaired) electrons. The van der Waals surface area contributed by atoms with E-state index in [1.54, 1.807) is 17.5 Å². The lowest BCUT2D eigenvalue weighted by atomic mass is 10.2. The van der Waals surface area contributed by atoms with Gasteiger partial charge in [0.25, 0.3) is 21.8 Å². The van der Waals surface area contributed by atoms with E-state index in [1.807, 2.05) is 12.1 Å². The lowest BCUT2D eigenvalue weighted by molar-refractivity contribution is 0.100. The Hall–Kier alpha value is -2.88. The van der Waals surface area contributed by atoms with Crippen LogP contribution in [0.3, 0.4) is 0 Å². The first-order chi connectivity index (χ1) is 14.3. The highest BCUT2D eigenvalue weighted by Crippen LogP contribution is 2.35. The van der Waals surface area contributed by atoms with Gasteiger partial charge in [-0.2, -0.15) is 0 Å². The van der Waals surface area contributed by atoms with E-state index in [9.17, 15) is 18.0 Å². The molecule has 2 aromatic carbocycles. The SMILES string of the molecule is NC(=O)c1ccsc1NC(=O)c1ccc(Cl)c(S(=O)(=O)N2CCc3ccccc32)c1. The van der Waals surface area contributed by atoms with Crippen LogP contribution in [0.25, 0.3) is 0 Å². The predicted octanol–water partition coefficient (Wildman–Crippen LogP) is 3.50. The Bertz CT molecular complexity index is 1270. The van der Waals surface area contributed by atoms with E-state index in [1.165, 1.54) is 28.6 Å². The van der Waals surface area contributed by atoms with Crippen molar-refractivity contribution >= 4 is 55.5 Å². The molecule has 3 aromatic rings. The molecule has 0 aliphatic carbocycles. The molecule has 2 amide bonds. The van der Waals surface area contributed by atoms with Crippen molar-refractivity contribution in [1.82, 2.24) is 0 Å². The number of para-hydroxylation sites is 1. The summed E-state index contributed by atoms with van der Waals surface area (Å²) in [6.45, 7) is 0.297. The van der Waals surface area contributed by atoms with E-state index >= 15 is 0 Å². The number of nitrogens with one attached hydrogen (secondary N) is 1. The highest BCUT2D eigenvalue weighted by molar-refractivity contribution is 7.93. The molecule has 10 heteroatoms. The number of halogens is 1. The Morgan fingerprint density at radius 2 is 1.90 bits per heavy atom. The van der Waals surface area contributed by atoms with Gasteiger partial charge in [-0.25, -0.2) is 8.42 Å².